The molecule has 3 aromatic rings. The van der Waals surface area contributed by atoms with Crippen LogP contribution in [0.4, 0.5) is 0 Å². The zero-order valence-electron chi connectivity index (χ0n) is 19.1. The Morgan fingerprint density at radius 1 is 1.06 bits per heavy atom. The summed E-state index contributed by atoms with van der Waals surface area (Å²) in [6, 6.07) is 18.0. The lowest BCUT2D eigenvalue weighted by Crippen LogP contribution is -2.26. The standard InChI is InChI=1S/C25H31N2O5P/c1-19(2)32-33(29,30)31-16-10-4-9-15-26-24(28)17-23-25(20-11-5-3-6-12-20)22-14-8-7-13-21(22)18-27-23/h3,5-8,11-14,18-19H,4,9-10,15-17H2,1-2H3,(H,26,28)(H,29,30). The number of carbonyl (C=O) groups is 1. The maximum Gasteiger partial charge on any atom is 0.472 e. The third kappa shape index (κ3) is 7.76. The third-order valence-electron chi connectivity index (χ3n) is 5.01. The van der Waals surface area contributed by atoms with Crippen LogP contribution in [0.15, 0.2) is 60.8 Å². The predicted molar refractivity (Wildman–Crippen MR) is 130 cm³/mol. The lowest BCUT2D eigenvalue weighted by atomic mass is 9.96. The number of unbranched alkanes of at least 4 members (excludes halogenated alkanes) is 2. The van der Waals surface area contributed by atoms with Crippen LogP contribution in [0, 0.1) is 0 Å². The van der Waals surface area contributed by atoms with Gasteiger partial charge >= 0.3 is 7.82 Å². The van der Waals surface area contributed by atoms with Gasteiger partial charge in [-0.05, 0) is 44.1 Å². The van der Waals surface area contributed by atoms with Crippen molar-refractivity contribution in [2.45, 2.75) is 45.6 Å². The minimum atomic E-state index is -3.98. The van der Waals surface area contributed by atoms with Crippen LogP contribution in [0.1, 0.15) is 38.8 Å². The van der Waals surface area contributed by atoms with Crippen molar-refractivity contribution in [3.05, 3.63) is 66.5 Å². The van der Waals surface area contributed by atoms with E-state index in [2.05, 4.69) is 16.4 Å². The Kier molecular flexibility index (Phi) is 9.15. The average molecular weight is 471 g/mol. The molecule has 0 fully saturated rings. The van der Waals surface area contributed by atoms with Gasteiger partial charge in [-0.3, -0.25) is 18.8 Å². The molecule has 33 heavy (non-hydrogen) atoms. The molecule has 0 aliphatic carbocycles. The monoisotopic (exact) mass is 470 g/mol. The zero-order chi connectivity index (χ0) is 23.7. The molecule has 1 atom stereocenters. The molecule has 1 unspecified atom stereocenters. The van der Waals surface area contributed by atoms with Gasteiger partial charge in [0.05, 0.1) is 24.8 Å². The number of fused-ring (bicyclic) bond motifs is 1. The van der Waals surface area contributed by atoms with E-state index in [1.54, 1.807) is 13.8 Å². The second kappa shape index (κ2) is 12.1. The van der Waals surface area contributed by atoms with Crippen molar-refractivity contribution < 1.29 is 23.3 Å². The van der Waals surface area contributed by atoms with Crippen LogP contribution < -0.4 is 5.32 Å². The number of phosphoric acid groups is 1. The molecule has 176 valence electrons. The molecule has 1 aromatic heterocycles. The first-order chi connectivity index (χ1) is 15.9. The molecule has 0 spiro atoms. The number of benzene rings is 2. The van der Waals surface area contributed by atoms with Gasteiger partial charge < -0.3 is 10.2 Å². The molecule has 2 N–H and O–H groups in total. The first kappa shape index (κ1) is 25.1. The number of nitrogens with one attached hydrogen (secondary N) is 1. The van der Waals surface area contributed by atoms with Gasteiger partial charge in [0.1, 0.15) is 0 Å². The lowest BCUT2D eigenvalue weighted by Gasteiger charge is -2.14. The number of hydrogen-bond acceptors (Lipinski definition) is 5. The van der Waals surface area contributed by atoms with Crippen molar-refractivity contribution in [1.82, 2.24) is 10.3 Å². The number of phosphoric ester groups is 1. The highest BCUT2D eigenvalue weighted by atomic mass is 31.2. The molecule has 0 radical (unpaired) electrons. The van der Waals surface area contributed by atoms with Gasteiger partial charge in [0.2, 0.25) is 5.91 Å². The second-order valence-corrected chi connectivity index (χ2v) is 9.48. The first-order valence-corrected chi connectivity index (χ1v) is 12.7. The highest BCUT2D eigenvalue weighted by molar-refractivity contribution is 7.47. The minimum absolute atomic E-state index is 0.0867. The summed E-state index contributed by atoms with van der Waals surface area (Å²) in [5, 5.41) is 5.05. The van der Waals surface area contributed by atoms with Crippen LogP contribution in [0.5, 0.6) is 0 Å². The molecule has 1 heterocycles. The molecule has 0 aliphatic rings. The van der Waals surface area contributed by atoms with Gasteiger partial charge in [0, 0.05) is 23.7 Å². The predicted octanol–water partition coefficient (Wildman–Crippen LogP) is 5.27. The summed E-state index contributed by atoms with van der Waals surface area (Å²) in [4.78, 5) is 26.7. The molecule has 0 bridgehead atoms. The van der Waals surface area contributed by atoms with E-state index >= 15 is 0 Å². The van der Waals surface area contributed by atoms with Gasteiger partial charge in [0.15, 0.2) is 0 Å². The van der Waals surface area contributed by atoms with E-state index in [-0.39, 0.29) is 25.0 Å². The fourth-order valence-corrected chi connectivity index (χ4v) is 4.54. The van der Waals surface area contributed by atoms with Crippen LogP contribution in [0.2, 0.25) is 0 Å². The largest absolute Gasteiger partial charge is 0.472 e. The van der Waals surface area contributed by atoms with Crippen molar-refractivity contribution >= 4 is 24.5 Å². The summed E-state index contributed by atoms with van der Waals surface area (Å²) < 4.78 is 21.4. The first-order valence-electron chi connectivity index (χ1n) is 11.2. The van der Waals surface area contributed by atoms with Gasteiger partial charge in [0.25, 0.3) is 0 Å². The molecule has 8 heteroatoms. The Balaban J connectivity index is 1.51. The highest BCUT2D eigenvalue weighted by Gasteiger charge is 2.22. The number of hydrogen-bond donors (Lipinski definition) is 2. The number of nitrogens with zero attached hydrogens (tertiary/aromatic N) is 1. The van der Waals surface area contributed by atoms with Crippen molar-refractivity contribution in [3.8, 4) is 11.1 Å². The van der Waals surface area contributed by atoms with E-state index in [9.17, 15) is 14.3 Å². The van der Waals surface area contributed by atoms with E-state index in [1.807, 2.05) is 54.7 Å². The fourth-order valence-electron chi connectivity index (χ4n) is 3.59. The second-order valence-electron chi connectivity index (χ2n) is 8.08. The highest BCUT2D eigenvalue weighted by Crippen LogP contribution is 2.44. The summed E-state index contributed by atoms with van der Waals surface area (Å²) >= 11 is 0. The maximum atomic E-state index is 12.6. The molecule has 0 saturated carbocycles. The lowest BCUT2D eigenvalue weighted by molar-refractivity contribution is -0.120. The quantitative estimate of drug-likeness (QED) is 0.276. The summed E-state index contributed by atoms with van der Waals surface area (Å²) in [7, 11) is -3.98. The van der Waals surface area contributed by atoms with E-state index in [1.165, 1.54) is 0 Å². The fraction of sp³-hybridized carbons (Fsp3) is 0.360. The Morgan fingerprint density at radius 2 is 1.79 bits per heavy atom. The maximum absolute atomic E-state index is 12.6. The minimum Gasteiger partial charge on any atom is -0.356 e. The molecular formula is C25H31N2O5P. The van der Waals surface area contributed by atoms with Crippen molar-refractivity contribution in [2.24, 2.45) is 0 Å². The van der Waals surface area contributed by atoms with Gasteiger partial charge in [-0.25, -0.2) is 4.57 Å². The average Bonchev–Trinajstić information content (AvgIpc) is 2.78. The molecule has 0 aliphatic heterocycles. The van der Waals surface area contributed by atoms with Gasteiger partial charge in [-0.15, -0.1) is 0 Å². The Labute approximate surface area is 194 Å². The normalized spacial score (nSPS) is 13.2. The Hall–Kier alpha value is -2.57. The van der Waals surface area contributed by atoms with Crippen LogP contribution in [-0.2, 0) is 24.8 Å². The summed E-state index contributed by atoms with van der Waals surface area (Å²) in [6.45, 7) is 4.00. The van der Waals surface area contributed by atoms with Crippen LogP contribution in [0.25, 0.3) is 21.9 Å². The Bertz CT molecular complexity index is 1100. The van der Waals surface area contributed by atoms with Crippen molar-refractivity contribution in [3.63, 3.8) is 0 Å². The zero-order valence-corrected chi connectivity index (χ0v) is 20.0. The summed E-state index contributed by atoms with van der Waals surface area (Å²) in [5.74, 6) is -0.0867. The molecule has 2 aromatic carbocycles. The topological polar surface area (TPSA) is 97.8 Å². The number of rotatable bonds is 12. The van der Waals surface area contributed by atoms with E-state index in [4.69, 9.17) is 9.05 Å². The SMILES string of the molecule is CC(C)OP(=O)(O)OCCCCCNC(=O)Cc1ncc2ccccc2c1-c1ccccc1. The van der Waals surface area contributed by atoms with Crippen molar-refractivity contribution in [1.29, 1.82) is 0 Å². The molecule has 0 saturated heterocycles. The molecule has 7 nitrogen and oxygen atoms in total. The number of pyridine rings is 1. The smallest absolute Gasteiger partial charge is 0.356 e. The molecule has 3 rings (SSSR count). The summed E-state index contributed by atoms with van der Waals surface area (Å²) in [6.07, 6.45) is 3.73. The van der Waals surface area contributed by atoms with E-state index < -0.39 is 7.82 Å². The third-order valence-corrected chi connectivity index (χ3v) is 6.21. The van der Waals surface area contributed by atoms with Crippen molar-refractivity contribution in [2.75, 3.05) is 13.2 Å². The number of amides is 1. The van der Waals surface area contributed by atoms with Crippen LogP contribution in [-0.4, -0.2) is 35.0 Å². The molecule has 1 amide bonds. The van der Waals surface area contributed by atoms with Crippen LogP contribution in [0.3, 0.4) is 0 Å². The van der Waals surface area contributed by atoms with Crippen LogP contribution >= 0.6 is 7.82 Å². The number of aromatic nitrogens is 1. The van der Waals surface area contributed by atoms with E-state index in [0.29, 0.717) is 13.0 Å². The van der Waals surface area contributed by atoms with E-state index in [0.717, 1.165) is 40.4 Å². The molecular weight excluding hydrogens is 439 g/mol. The van der Waals surface area contributed by atoms with Gasteiger partial charge in [-0.1, -0.05) is 54.6 Å². The van der Waals surface area contributed by atoms with Gasteiger partial charge in [-0.2, -0.15) is 0 Å². The Morgan fingerprint density at radius 3 is 2.55 bits per heavy atom. The summed E-state index contributed by atoms with van der Waals surface area (Å²) in [5.41, 5.74) is 2.76. The number of carbonyl (C=O) groups excluding carboxylic acids is 1.